The normalized spacial score (nSPS) is 26.5. The Kier molecular flexibility index (Phi) is 7.69. The van der Waals surface area contributed by atoms with Gasteiger partial charge in [-0.25, -0.2) is 0 Å². The Bertz CT molecular complexity index is 2420. The number of nitrogens with zero attached hydrogens (tertiary/aromatic N) is 1. The summed E-state index contributed by atoms with van der Waals surface area (Å²) in [6.07, 6.45) is 3.78. The van der Waals surface area contributed by atoms with Gasteiger partial charge in [-0.15, -0.1) is 0 Å². The van der Waals surface area contributed by atoms with Gasteiger partial charge in [-0.1, -0.05) is 115 Å². The van der Waals surface area contributed by atoms with Crippen LogP contribution in [0.2, 0.25) is 0 Å². The molecule has 6 atom stereocenters. The lowest BCUT2D eigenvalue weighted by atomic mass is 9.44. The predicted molar refractivity (Wildman–Crippen MR) is 201 cm³/mol. The zero-order valence-electron chi connectivity index (χ0n) is 28.5. The Hall–Kier alpha value is -5.90. The van der Waals surface area contributed by atoms with Crippen LogP contribution in [0.25, 0.3) is 16.3 Å². The highest BCUT2D eigenvalue weighted by Crippen LogP contribution is 2.65. The third kappa shape index (κ3) is 4.77. The van der Waals surface area contributed by atoms with Gasteiger partial charge in [0, 0.05) is 23.0 Å². The molecule has 0 aromatic heterocycles. The number of phenols is 1. The minimum Gasteiger partial charge on any atom is -0.508 e. The first-order valence-electron chi connectivity index (χ1n) is 17.9. The number of phenolic OH excluding ortho intramolecular Hbond substituents is 1. The van der Waals surface area contributed by atoms with Crippen molar-refractivity contribution in [1.29, 1.82) is 0 Å². The van der Waals surface area contributed by atoms with Gasteiger partial charge >= 0.3 is 7.12 Å². The van der Waals surface area contributed by atoms with Crippen molar-refractivity contribution in [3.05, 3.63) is 156 Å². The second-order valence-corrected chi connectivity index (χ2v) is 14.5. The summed E-state index contributed by atoms with van der Waals surface area (Å²) < 4.78 is 0. The quantitative estimate of drug-likeness (QED) is 0.130. The molecule has 1 saturated heterocycles. The number of aromatic hydroxyl groups is 1. The second-order valence-electron chi connectivity index (χ2n) is 14.5. The topological polar surface area (TPSA) is 132 Å². The number of hydrogen-bond donors (Lipinski definition) is 3. The molecular formula is C44H34BNO7. The molecule has 5 aromatic rings. The number of imide groups is 1. The van der Waals surface area contributed by atoms with Crippen molar-refractivity contribution in [2.24, 2.45) is 23.7 Å². The lowest BCUT2D eigenvalue weighted by Gasteiger charge is -2.55. The summed E-state index contributed by atoms with van der Waals surface area (Å²) in [6.45, 7) is 0. The largest absolute Gasteiger partial charge is 0.508 e. The fourth-order valence-electron chi connectivity index (χ4n) is 9.85. The van der Waals surface area contributed by atoms with E-state index in [1.54, 1.807) is 30.3 Å². The minimum atomic E-state index is -1.79. The van der Waals surface area contributed by atoms with Gasteiger partial charge in [0.2, 0.25) is 11.8 Å². The number of carbonyl (C=O) groups excluding carboxylic acids is 4. The van der Waals surface area contributed by atoms with Gasteiger partial charge in [0.1, 0.15) is 5.75 Å². The molecule has 2 fully saturated rings. The Morgan fingerprint density at radius 2 is 1.45 bits per heavy atom. The number of anilines is 1. The smallest absolute Gasteiger partial charge is 0.488 e. The van der Waals surface area contributed by atoms with Crippen LogP contribution in [0.4, 0.5) is 5.69 Å². The molecule has 3 aliphatic carbocycles. The summed E-state index contributed by atoms with van der Waals surface area (Å²) in [6, 6.07) is 35.5. The molecule has 4 aliphatic rings. The van der Waals surface area contributed by atoms with Crippen molar-refractivity contribution < 1.29 is 34.3 Å². The number of amides is 2. The summed E-state index contributed by atoms with van der Waals surface area (Å²) in [5.41, 5.74) is 1.69. The number of allylic oxidation sites excluding steroid dienone is 4. The fraction of sp³-hybridized carbons (Fsp3) is 0.182. The van der Waals surface area contributed by atoms with Crippen LogP contribution in [0.3, 0.4) is 0 Å². The van der Waals surface area contributed by atoms with E-state index in [0.717, 1.165) is 21.2 Å². The third-order valence-electron chi connectivity index (χ3n) is 12.0. The average molecular weight is 700 g/mol. The zero-order chi connectivity index (χ0) is 36.6. The average Bonchev–Trinajstić information content (AvgIpc) is 3.45. The van der Waals surface area contributed by atoms with Crippen LogP contribution >= 0.6 is 0 Å². The molecule has 8 nitrogen and oxygen atoms in total. The number of carbonyl (C=O) groups is 4. The molecule has 9 rings (SSSR count). The van der Waals surface area contributed by atoms with E-state index in [2.05, 4.69) is 0 Å². The Morgan fingerprint density at radius 3 is 2.21 bits per heavy atom. The van der Waals surface area contributed by atoms with Gasteiger partial charge in [-0.2, -0.15) is 0 Å². The van der Waals surface area contributed by atoms with Crippen LogP contribution in [0.1, 0.15) is 35.4 Å². The van der Waals surface area contributed by atoms with Crippen LogP contribution in [0.5, 0.6) is 5.75 Å². The molecule has 1 aliphatic heterocycles. The molecule has 2 amide bonds. The molecule has 9 heteroatoms. The first-order chi connectivity index (χ1) is 25.7. The van der Waals surface area contributed by atoms with E-state index in [-0.39, 0.29) is 41.3 Å². The van der Waals surface area contributed by atoms with Crippen LogP contribution in [0.15, 0.2) is 139 Å². The van der Waals surface area contributed by atoms with Crippen molar-refractivity contribution in [1.82, 2.24) is 0 Å². The standard InChI is InChI=1S/C44H34BNO7/c47-36-21-18-26-12-7-8-17-30(26)39(36)40-31-19-20-32-38(43(51)46(42(32)50)29-16-9-15-28(22-29)45(52)53)34(31)23-35-41(49)33(25-10-3-1-4-11-25)24-37(48)44(35,40)27-13-5-2-6-14-27/h1-19,21-22,24,32,34-35,38,40,47,52-53H,20,23H2/t32-,34+,35-,38-,40+,44-/m0/s1. The number of fused-ring (bicyclic) bond motifs is 5. The van der Waals surface area contributed by atoms with Gasteiger partial charge in [-0.05, 0) is 70.4 Å². The molecule has 53 heavy (non-hydrogen) atoms. The van der Waals surface area contributed by atoms with Crippen molar-refractivity contribution in [3.63, 3.8) is 0 Å². The molecule has 0 unspecified atom stereocenters. The van der Waals surface area contributed by atoms with Crippen LogP contribution in [-0.2, 0) is 24.6 Å². The molecule has 0 spiro atoms. The van der Waals surface area contributed by atoms with Crippen molar-refractivity contribution in [3.8, 4) is 5.75 Å². The van der Waals surface area contributed by atoms with E-state index >= 15 is 9.59 Å². The van der Waals surface area contributed by atoms with Crippen molar-refractivity contribution in [2.45, 2.75) is 24.2 Å². The van der Waals surface area contributed by atoms with Crippen LogP contribution in [0, 0.1) is 23.7 Å². The molecular weight excluding hydrogens is 665 g/mol. The van der Waals surface area contributed by atoms with Gasteiger partial charge in [0.15, 0.2) is 11.6 Å². The number of hydrogen-bond acceptors (Lipinski definition) is 7. The van der Waals surface area contributed by atoms with E-state index in [1.165, 1.54) is 18.2 Å². The highest BCUT2D eigenvalue weighted by Gasteiger charge is 2.66. The SMILES string of the molecule is O=C1C(c2ccccc2)=CC(=O)[C@@]2(c3ccccc3)[C@@H](c3c(O)ccc4ccccc34)C3=CC[C@@H]4C(=O)N(c5cccc(B(O)O)c5)C(=O)[C@@H]4[C@@H]3C[C@@H]12. The minimum absolute atomic E-state index is 0.0284. The number of rotatable bonds is 5. The molecule has 0 bridgehead atoms. The van der Waals surface area contributed by atoms with E-state index in [4.69, 9.17) is 0 Å². The second kappa shape index (κ2) is 12.4. The summed E-state index contributed by atoms with van der Waals surface area (Å²) in [5.74, 6) is -5.40. The van der Waals surface area contributed by atoms with Crippen LogP contribution < -0.4 is 10.4 Å². The van der Waals surface area contributed by atoms with Crippen LogP contribution in [-0.4, -0.2) is 45.7 Å². The fourth-order valence-corrected chi connectivity index (χ4v) is 9.85. The maximum atomic E-state index is 15.3. The number of benzene rings is 5. The maximum Gasteiger partial charge on any atom is 0.488 e. The monoisotopic (exact) mass is 699 g/mol. The van der Waals surface area contributed by atoms with Gasteiger partial charge in [0.05, 0.1) is 22.9 Å². The first-order valence-corrected chi connectivity index (χ1v) is 17.9. The highest BCUT2D eigenvalue weighted by molar-refractivity contribution is 6.58. The first kappa shape index (κ1) is 33.0. The summed E-state index contributed by atoms with van der Waals surface area (Å²) in [4.78, 5) is 60.6. The van der Waals surface area contributed by atoms with E-state index in [0.29, 0.717) is 22.3 Å². The van der Waals surface area contributed by atoms with Crippen molar-refractivity contribution in [2.75, 3.05) is 4.90 Å². The summed E-state index contributed by atoms with van der Waals surface area (Å²) >= 11 is 0. The zero-order valence-corrected chi connectivity index (χ0v) is 28.5. The van der Waals surface area contributed by atoms with Gasteiger partial charge < -0.3 is 15.2 Å². The molecule has 260 valence electrons. The molecule has 1 heterocycles. The van der Waals surface area contributed by atoms with E-state index in [9.17, 15) is 24.7 Å². The molecule has 5 aromatic carbocycles. The third-order valence-corrected chi connectivity index (χ3v) is 12.0. The number of Topliss-reactive ketones (excluding diaryl/α,β-unsaturated/α-hetero) is 1. The van der Waals surface area contributed by atoms with E-state index < -0.39 is 53.9 Å². The predicted octanol–water partition coefficient (Wildman–Crippen LogP) is 5.25. The molecule has 0 radical (unpaired) electrons. The molecule has 3 N–H and O–H groups in total. The Morgan fingerprint density at radius 1 is 0.736 bits per heavy atom. The lowest BCUT2D eigenvalue weighted by molar-refractivity contribution is -0.135. The van der Waals surface area contributed by atoms with Gasteiger partial charge in [0.25, 0.3) is 0 Å². The highest BCUT2D eigenvalue weighted by atomic mass is 16.4. The Balaban J connectivity index is 1.30. The lowest BCUT2D eigenvalue weighted by Crippen LogP contribution is -2.58. The molecule has 1 saturated carbocycles. The Labute approximate surface area is 305 Å². The van der Waals surface area contributed by atoms with E-state index in [1.807, 2.05) is 84.9 Å². The van der Waals surface area contributed by atoms with Crippen molar-refractivity contribution >= 4 is 58.0 Å². The summed E-state index contributed by atoms with van der Waals surface area (Å²) in [7, 11) is -1.79. The maximum absolute atomic E-state index is 15.3. The number of ketones is 2. The summed E-state index contributed by atoms with van der Waals surface area (Å²) in [5, 5.41) is 33.2. The van der Waals surface area contributed by atoms with Gasteiger partial charge in [-0.3, -0.25) is 24.1 Å².